The van der Waals surface area contributed by atoms with Crippen molar-refractivity contribution in [3.05, 3.63) is 29.8 Å². The van der Waals surface area contributed by atoms with Crippen LogP contribution in [0.3, 0.4) is 0 Å². The molecule has 0 saturated carbocycles. The normalized spacial score (nSPS) is 18.2. The Morgan fingerprint density at radius 3 is 2.65 bits per heavy atom. The molecule has 0 unspecified atom stereocenters. The van der Waals surface area contributed by atoms with Gasteiger partial charge in [-0.25, -0.2) is 4.79 Å². The highest BCUT2D eigenvalue weighted by Gasteiger charge is 2.28. The molecule has 1 fully saturated rings. The van der Waals surface area contributed by atoms with Crippen LogP contribution >= 0.6 is 0 Å². The Morgan fingerprint density at radius 2 is 2.10 bits per heavy atom. The number of rotatable bonds is 5. The highest BCUT2D eigenvalue weighted by molar-refractivity contribution is 5.90. The maximum Gasteiger partial charge on any atom is 0.338 e. The predicted octanol–water partition coefficient (Wildman–Crippen LogP) is 1.90. The zero-order valence-electron chi connectivity index (χ0n) is 11.9. The number of benzene rings is 1. The Labute approximate surface area is 118 Å². The number of carbonyl (C=O) groups excluding carboxylic acids is 2. The van der Waals surface area contributed by atoms with Gasteiger partial charge in [0.05, 0.1) is 12.2 Å². The SMILES string of the molecule is CCCOC(=O)c1ccc(N[C@@H]2CCN(C)C2=O)cc1. The molecular weight excluding hydrogens is 256 g/mol. The quantitative estimate of drug-likeness (QED) is 0.834. The van der Waals surface area contributed by atoms with Crippen LogP contribution in [0.25, 0.3) is 0 Å². The molecule has 5 heteroatoms. The standard InChI is InChI=1S/C15H20N2O3/c1-3-10-20-15(19)11-4-6-12(7-5-11)16-13-8-9-17(2)14(13)18/h4-7,13,16H,3,8-10H2,1-2H3/t13-/m1/s1. The first-order valence-corrected chi connectivity index (χ1v) is 6.90. The van der Waals surface area contributed by atoms with Crippen molar-refractivity contribution in [2.45, 2.75) is 25.8 Å². The van der Waals surface area contributed by atoms with Gasteiger partial charge in [-0.1, -0.05) is 6.92 Å². The van der Waals surface area contributed by atoms with E-state index in [2.05, 4.69) is 5.32 Å². The van der Waals surface area contributed by atoms with Crippen molar-refractivity contribution in [1.82, 2.24) is 4.90 Å². The summed E-state index contributed by atoms with van der Waals surface area (Å²) in [4.78, 5) is 25.2. The fourth-order valence-corrected chi connectivity index (χ4v) is 2.14. The summed E-state index contributed by atoms with van der Waals surface area (Å²) in [6, 6.07) is 6.85. The molecule has 20 heavy (non-hydrogen) atoms. The Hall–Kier alpha value is -2.04. The van der Waals surface area contributed by atoms with Crippen molar-refractivity contribution in [2.75, 3.05) is 25.5 Å². The third kappa shape index (κ3) is 3.29. The summed E-state index contributed by atoms with van der Waals surface area (Å²) in [5.41, 5.74) is 1.37. The molecule has 1 heterocycles. The lowest BCUT2D eigenvalue weighted by Crippen LogP contribution is -2.30. The van der Waals surface area contributed by atoms with E-state index in [4.69, 9.17) is 4.74 Å². The highest BCUT2D eigenvalue weighted by atomic mass is 16.5. The number of amides is 1. The van der Waals surface area contributed by atoms with Crippen molar-refractivity contribution in [1.29, 1.82) is 0 Å². The number of hydrogen-bond donors (Lipinski definition) is 1. The molecule has 0 radical (unpaired) electrons. The fraction of sp³-hybridized carbons (Fsp3) is 0.467. The van der Waals surface area contributed by atoms with Crippen LogP contribution < -0.4 is 5.32 Å². The minimum absolute atomic E-state index is 0.108. The van der Waals surface area contributed by atoms with Gasteiger partial charge in [-0.05, 0) is 37.1 Å². The molecule has 0 aromatic heterocycles. The molecule has 0 spiro atoms. The third-order valence-electron chi connectivity index (χ3n) is 3.33. The van der Waals surface area contributed by atoms with E-state index in [1.54, 1.807) is 36.2 Å². The summed E-state index contributed by atoms with van der Waals surface area (Å²) in [6.45, 7) is 3.16. The molecule has 5 nitrogen and oxygen atoms in total. The highest BCUT2D eigenvalue weighted by Crippen LogP contribution is 2.17. The Bertz CT molecular complexity index is 484. The van der Waals surface area contributed by atoms with Gasteiger partial charge in [0.15, 0.2) is 0 Å². The van der Waals surface area contributed by atoms with Gasteiger partial charge in [0.2, 0.25) is 5.91 Å². The molecule has 1 N–H and O–H groups in total. The summed E-state index contributed by atoms with van der Waals surface area (Å²) in [6.07, 6.45) is 1.61. The second-order valence-electron chi connectivity index (χ2n) is 4.96. The second-order valence-corrected chi connectivity index (χ2v) is 4.96. The average Bonchev–Trinajstić information content (AvgIpc) is 2.77. The van der Waals surface area contributed by atoms with Gasteiger partial charge in [0, 0.05) is 19.3 Å². The lowest BCUT2D eigenvalue weighted by atomic mass is 10.2. The van der Waals surface area contributed by atoms with Crippen LogP contribution in [0.15, 0.2) is 24.3 Å². The molecule has 0 bridgehead atoms. The van der Waals surface area contributed by atoms with Crippen LogP contribution in [0, 0.1) is 0 Å². The van der Waals surface area contributed by atoms with Crippen LogP contribution in [0.1, 0.15) is 30.1 Å². The topological polar surface area (TPSA) is 58.6 Å². The van der Waals surface area contributed by atoms with E-state index in [1.165, 1.54) is 0 Å². The first-order valence-electron chi connectivity index (χ1n) is 6.90. The zero-order valence-corrected chi connectivity index (χ0v) is 11.9. The van der Waals surface area contributed by atoms with Crippen molar-refractivity contribution >= 4 is 17.6 Å². The minimum atomic E-state index is -0.310. The molecule has 1 aromatic carbocycles. The van der Waals surface area contributed by atoms with Crippen LogP contribution in [-0.2, 0) is 9.53 Å². The maximum absolute atomic E-state index is 11.8. The van der Waals surface area contributed by atoms with Crippen LogP contribution in [0.5, 0.6) is 0 Å². The predicted molar refractivity (Wildman–Crippen MR) is 76.7 cm³/mol. The number of likely N-dealkylation sites (N-methyl/N-ethyl adjacent to an activating group) is 1. The number of nitrogens with one attached hydrogen (secondary N) is 1. The molecule has 1 aliphatic heterocycles. The van der Waals surface area contributed by atoms with Crippen molar-refractivity contribution in [3.63, 3.8) is 0 Å². The molecule has 1 saturated heterocycles. The molecule has 0 aliphatic carbocycles. The second kappa shape index (κ2) is 6.41. The lowest BCUT2D eigenvalue weighted by molar-refractivity contribution is -0.127. The summed E-state index contributed by atoms with van der Waals surface area (Å²) in [5.74, 6) is -0.202. The smallest absolute Gasteiger partial charge is 0.338 e. The van der Waals surface area contributed by atoms with E-state index in [0.717, 1.165) is 25.1 Å². The van der Waals surface area contributed by atoms with Gasteiger partial charge >= 0.3 is 5.97 Å². The van der Waals surface area contributed by atoms with Crippen LogP contribution in [0.2, 0.25) is 0 Å². The van der Waals surface area contributed by atoms with Gasteiger partial charge in [-0.15, -0.1) is 0 Å². The van der Waals surface area contributed by atoms with Crippen molar-refractivity contribution in [3.8, 4) is 0 Å². The number of anilines is 1. The van der Waals surface area contributed by atoms with E-state index in [0.29, 0.717) is 12.2 Å². The summed E-state index contributed by atoms with van der Waals surface area (Å²) in [5, 5.41) is 3.19. The van der Waals surface area contributed by atoms with E-state index < -0.39 is 0 Å². The summed E-state index contributed by atoms with van der Waals surface area (Å²) < 4.78 is 5.06. The van der Waals surface area contributed by atoms with Gasteiger partial charge in [0.25, 0.3) is 0 Å². The fourth-order valence-electron chi connectivity index (χ4n) is 2.14. The van der Waals surface area contributed by atoms with Gasteiger partial charge in [-0.2, -0.15) is 0 Å². The Kier molecular flexibility index (Phi) is 4.61. The Morgan fingerprint density at radius 1 is 1.40 bits per heavy atom. The summed E-state index contributed by atoms with van der Waals surface area (Å²) >= 11 is 0. The first kappa shape index (κ1) is 14.4. The number of ether oxygens (including phenoxy) is 1. The molecule has 1 aromatic rings. The van der Waals surface area contributed by atoms with E-state index in [-0.39, 0.29) is 17.9 Å². The van der Waals surface area contributed by atoms with Gasteiger partial charge < -0.3 is 15.0 Å². The number of esters is 1. The zero-order chi connectivity index (χ0) is 14.5. The monoisotopic (exact) mass is 276 g/mol. The van der Waals surface area contributed by atoms with Crippen LogP contribution in [0.4, 0.5) is 5.69 Å². The first-order chi connectivity index (χ1) is 9.61. The number of hydrogen-bond acceptors (Lipinski definition) is 4. The lowest BCUT2D eigenvalue weighted by Gasteiger charge is -2.13. The van der Waals surface area contributed by atoms with E-state index >= 15 is 0 Å². The third-order valence-corrected chi connectivity index (χ3v) is 3.33. The molecule has 1 amide bonds. The molecule has 2 rings (SSSR count). The largest absolute Gasteiger partial charge is 0.462 e. The maximum atomic E-state index is 11.8. The molecular formula is C15H20N2O3. The molecule has 108 valence electrons. The van der Waals surface area contributed by atoms with Crippen molar-refractivity contribution < 1.29 is 14.3 Å². The van der Waals surface area contributed by atoms with E-state index in [1.807, 2.05) is 6.92 Å². The number of carbonyl (C=O) groups is 2. The van der Waals surface area contributed by atoms with E-state index in [9.17, 15) is 9.59 Å². The van der Waals surface area contributed by atoms with Gasteiger partial charge in [-0.3, -0.25) is 4.79 Å². The summed E-state index contributed by atoms with van der Waals surface area (Å²) in [7, 11) is 1.80. The average molecular weight is 276 g/mol. The van der Waals surface area contributed by atoms with Crippen LogP contribution in [-0.4, -0.2) is 43.0 Å². The number of likely N-dealkylation sites (tertiary alicyclic amines) is 1. The van der Waals surface area contributed by atoms with Crippen molar-refractivity contribution in [2.24, 2.45) is 0 Å². The minimum Gasteiger partial charge on any atom is -0.462 e. The van der Waals surface area contributed by atoms with Gasteiger partial charge in [0.1, 0.15) is 6.04 Å². The molecule has 1 aliphatic rings. The Balaban J connectivity index is 1.95. The molecule has 1 atom stereocenters. The number of nitrogens with zero attached hydrogens (tertiary/aromatic N) is 1.